The molecular formula is C8H17N2O3P. The Bertz CT molecular complexity index is 250. The lowest BCUT2D eigenvalue weighted by atomic mass is 10.2. The molecule has 1 rings (SSSR count). The highest BCUT2D eigenvalue weighted by molar-refractivity contribution is 7.30. The first-order chi connectivity index (χ1) is 5.66. The van der Waals surface area contributed by atoms with Gasteiger partial charge in [0.1, 0.15) is 0 Å². The molecule has 5 nitrogen and oxygen atoms in total. The molecule has 0 aromatic heterocycles. The fourth-order valence-electron chi connectivity index (χ4n) is 0.589. The summed E-state index contributed by atoms with van der Waals surface area (Å²) in [6, 6.07) is 10.0. The first kappa shape index (κ1) is 18.7. The van der Waals surface area contributed by atoms with E-state index in [1.807, 2.05) is 36.4 Å². The van der Waals surface area contributed by atoms with Gasteiger partial charge in [0, 0.05) is 0 Å². The summed E-state index contributed by atoms with van der Waals surface area (Å²) in [6.45, 7) is 3.63. The second-order valence-corrected chi connectivity index (χ2v) is 2.46. The number of hydrogen-bond donors (Lipinski definition) is 4. The van der Waals surface area contributed by atoms with Crippen molar-refractivity contribution in [3.05, 3.63) is 42.5 Å². The minimum absolute atomic E-state index is 0. The zero-order valence-electron chi connectivity index (χ0n) is 7.89. The van der Waals surface area contributed by atoms with Crippen LogP contribution < -0.4 is 12.3 Å². The average molecular weight is 220 g/mol. The zero-order chi connectivity index (χ0) is 9.40. The van der Waals surface area contributed by atoms with E-state index < -0.39 is 8.25 Å². The van der Waals surface area contributed by atoms with Crippen molar-refractivity contribution in [1.82, 2.24) is 12.3 Å². The van der Waals surface area contributed by atoms with Gasteiger partial charge in [0.2, 0.25) is 0 Å². The third-order valence-electron chi connectivity index (χ3n) is 1.04. The molecule has 0 aliphatic rings. The van der Waals surface area contributed by atoms with E-state index in [1.165, 1.54) is 5.56 Å². The second-order valence-electron chi connectivity index (χ2n) is 1.90. The Balaban J connectivity index is -0.000000180. The van der Waals surface area contributed by atoms with E-state index in [9.17, 15) is 0 Å². The monoisotopic (exact) mass is 220 g/mol. The number of rotatable bonds is 1. The van der Waals surface area contributed by atoms with Gasteiger partial charge in [-0.15, -0.1) is 0 Å². The molecule has 14 heavy (non-hydrogen) atoms. The summed E-state index contributed by atoms with van der Waals surface area (Å²) in [5.74, 6) is 0. The van der Waals surface area contributed by atoms with E-state index in [0.717, 1.165) is 0 Å². The van der Waals surface area contributed by atoms with E-state index in [1.54, 1.807) is 0 Å². The topological polar surface area (TPSA) is 128 Å². The van der Waals surface area contributed by atoms with Crippen LogP contribution >= 0.6 is 8.25 Å². The first-order valence-corrected chi connectivity index (χ1v) is 4.56. The third kappa shape index (κ3) is 13.6. The Morgan fingerprint density at radius 1 is 1.14 bits per heavy atom. The van der Waals surface area contributed by atoms with Crippen molar-refractivity contribution in [2.45, 2.75) is 0 Å². The Morgan fingerprint density at radius 3 is 1.71 bits per heavy atom. The van der Waals surface area contributed by atoms with Gasteiger partial charge in [0.05, 0.1) is 0 Å². The molecule has 0 atom stereocenters. The Kier molecular flexibility index (Phi) is 16.1. The van der Waals surface area contributed by atoms with Gasteiger partial charge in [-0.1, -0.05) is 43.0 Å². The molecule has 6 heteroatoms. The van der Waals surface area contributed by atoms with E-state index in [0.29, 0.717) is 0 Å². The van der Waals surface area contributed by atoms with Gasteiger partial charge in [-0.05, 0) is 5.56 Å². The van der Waals surface area contributed by atoms with Crippen molar-refractivity contribution in [3.63, 3.8) is 0 Å². The maximum Gasteiger partial charge on any atom is 0.314 e. The van der Waals surface area contributed by atoms with Crippen LogP contribution in [-0.2, 0) is 4.57 Å². The van der Waals surface area contributed by atoms with Crippen LogP contribution in [-0.4, -0.2) is 9.79 Å². The Labute approximate surface area is 84.2 Å². The molecule has 82 valence electrons. The van der Waals surface area contributed by atoms with E-state index in [4.69, 9.17) is 14.4 Å². The molecule has 0 aliphatic carbocycles. The summed E-state index contributed by atoms with van der Waals surface area (Å²) in [5, 5.41) is 0. The number of hydrogen-bond acceptors (Lipinski definition) is 3. The fraction of sp³-hybridized carbons (Fsp3) is 0. The van der Waals surface area contributed by atoms with Crippen LogP contribution in [0.3, 0.4) is 0 Å². The molecule has 0 unspecified atom stereocenters. The summed E-state index contributed by atoms with van der Waals surface area (Å²) in [7, 11) is -3.13. The summed E-state index contributed by atoms with van der Waals surface area (Å²) in [4.78, 5) is 14.3. The Morgan fingerprint density at radius 2 is 1.50 bits per heavy atom. The molecule has 0 spiro atoms. The molecule has 1 aromatic carbocycles. The molecule has 0 fully saturated rings. The summed E-state index contributed by atoms with van der Waals surface area (Å²) in [6.07, 6.45) is 1.83. The van der Waals surface area contributed by atoms with Crippen molar-refractivity contribution in [3.8, 4) is 0 Å². The van der Waals surface area contributed by atoms with Crippen LogP contribution in [0.2, 0.25) is 0 Å². The third-order valence-corrected chi connectivity index (χ3v) is 1.04. The second kappa shape index (κ2) is 12.0. The predicted molar refractivity (Wildman–Crippen MR) is 60.0 cm³/mol. The first-order valence-electron chi connectivity index (χ1n) is 3.26. The molecular weight excluding hydrogens is 203 g/mol. The van der Waals surface area contributed by atoms with Crippen molar-refractivity contribution >= 4 is 14.3 Å². The predicted octanol–water partition coefficient (Wildman–Crippen LogP) is 2.01. The highest BCUT2D eigenvalue weighted by Crippen LogP contribution is 1.98. The quantitative estimate of drug-likeness (QED) is 0.538. The van der Waals surface area contributed by atoms with Crippen molar-refractivity contribution in [2.24, 2.45) is 0 Å². The van der Waals surface area contributed by atoms with Gasteiger partial charge in [-0.2, -0.15) is 0 Å². The minimum Gasteiger partial charge on any atom is -0.344 e. The minimum atomic E-state index is -3.13. The van der Waals surface area contributed by atoms with Gasteiger partial charge in [-0.3, -0.25) is 4.57 Å². The molecule has 0 radical (unpaired) electrons. The fourth-order valence-corrected chi connectivity index (χ4v) is 0.589. The molecule has 1 aromatic rings. The van der Waals surface area contributed by atoms with E-state index in [-0.39, 0.29) is 12.3 Å². The molecule has 0 amide bonds. The van der Waals surface area contributed by atoms with E-state index in [2.05, 4.69) is 6.58 Å². The lowest BCUT2D eigenvalue weighted by Crippen LogP contribution is -1.63. The largest absolute Gasteiger partial charge is 0.344 e. The number of benzene rings is 1. The van der Waals surface area contributed by atoms with Crippen molar-refractivity contribution in [1.29, 1.82) is 0 Å². The molecule has 0 aliphatic heterocycles. The molecule has 0 bridgehead atoms. The maximum absolute atomic E-state index is 8.74. The summed E-state index contributed by atoms with van der Waals surface area (Å²) in [5.41, 5.74) is 1.17. The van der Waals surface area contributed by atoms with Crippen LogP contribution in [0.1, 0.15) is 5.56 Å². The molecule has 0 saturated carbocycles. The van der Waals surface area contributed by atoms with Crippen molar-refractivity contribution < 1.29 is 14.4 Å². The van der Waals surface area contributed by atoms with Crippen LogP contribution in [0, 0.1) is 0 Å². The maximum atomic E-state index is 8.74. The smallest absolute Gasteiger partial charge is 0.314 e. The lowest BCUT2D eigenvalue weighted by molar-refractivity contribution is 0.405. The SMILES string of the molecule is C=Cc1ccccc1.N.N.O=[PH](O)O. The summed E-state index contributed by atoms with van der Waals surface area (Å²) >= 11 is 0. The normalized spacial score (nSPS) is 7.36. The van der Waals surface area contributed by atoms with Gasteiger partial charge >= 0.3 is 8.25 Å². The van der Waals surface area contributed by atoms with Crippen LogP contribution in [0.4, 0.5) is 0 Å². The standard InChI is InChI=1S/C8H8.2H3N.H3O3P/c1-2-8-6-4-3-5-7-8;;;1-4(2)3/h2-7H,1H2;2*1H3;4H,(H2,1,2,3). The summed E-state index contributed by atoms with van der Waals surface area (Å²) < 4.78 is 8.74. The van der Waals surface area contributed by atoms with Crippen LogP contribution in [0.25, 0.3) is 6.08 Å². The van der Waals surface area contributed by atoms with E-state index >= 15 is 0 Å². The molecule has 0 saturated heterocycles. The van der Waals surface area contributed by atoms with Crippen LogP contribution in [0.5, 0.6) is 0 Å². The molecule has 8 N–H and O–H groups in total. The van der Waals surface area contributed by atoms with Gasteiger partial charge in [-0.25, -0.2) is 0 Å². The Hall–Kier alpha value is -0.970. The van der Waals surface area contributed by atoms with Gasteiger partial charge < -0.3 is 22.1 Å². The molecule has 0 heterocycles. The van der Waals surface area contributed by atoms with Gasteiger partial charge in [0.25, 0.3) is 0 Å². The van der Waals surface area contributed by atoms with Gasteiger partial charge in [0.15, 0.2) is 0 Å². The zero-order valence-corrected chi connectivity index (χ0v) is 8.89. The highest BCUT2D eigenvalue weighted by Gasteiger charge is 1.75. The highest BCUT2D eigenvalue weighted by atomic mass is 31.1. The lowest BCUT2D eigenvalue weighted by Gasteiger charge is -1.85. The van der Waals surface area contributed by atoms with Crippen LogP contribution in [0.15, 0.2) is 36.9 Å². The average Bonchev–Trinajstić information content (AvgIpc) is 2.05. The van der Waals surface area contributed by atoms with Crippen molar-refractivity contribution in [2.75, 3.05) is 0 Å².